The number of halogens is 1. The molecule has 1 saturated carbocycles. The number of methoxy groups -OCH3 is 1. The van der Waals surface area contributed by atoms with Crippen LogP contribution in [-0.4, -0.2) is 36.7 Å². The Kier molecular flexibility index (Phi) is 6.02. The maximum absolute atomic E-state index is 12.9. The van der Waals surface area contributed by atoms with Gasteiger partial charge >= 0.3 is 5.97 Å². The first-order valence-electron chi connectivity index (χ1n) is 7.79. The lowest BCUT2D eigenvalue weighted by molar-refractivity contribution is -0.148. The molecule has 0 aliphatic heterocycles. The molecule has 0 heterocycles. The molecular formula is C17H22ClNO4. The summed E-state index contributed by atoms with van der Waals surface area (Å²) < 4.78 is 4.87. The number of rotatable bonds is 6. The summed E-state index contributed by atoms with van der Waals surface area (Å²) in [5.74, 6) is -1.24. The molecule has 0 aromatic heterocycles. The average molecular weight is 340 g/mol. The molecule has 0 spiro atoms. The van der Waals surface area contributed by atoms with E-state index in [4.69, 9.17) is 21.4 Å². The monoisotopic (exact) mass is 339 g/mol. The van der Waals surface area contributed by atoms with E-state index in [2.05, 4.69) is 5.32 Å². The minimum atomic E-state index is -1.09. The lowest BCUT2D eigenvalue weighted by Gasteiger charge is -2.36. The lowest BCUT2D eigenvalue weighted by Crippen LogP contribution is -2.49. The molecule has 126 valence electrons. The maximum atomic E-state index is 12.9. The van der Waals surface area contributed by atoms with E-state index in [1.54, 1.807) is 6.07 Å². The fourth-order valence-corrected chi connectivity index (χ4v) is 3.40. The van der Waals surface area contributed by atoms with Crippen LogP contribution in [0.25, 0.3) is 0 Å². The zero-order valence-electron chi connectivity index (χ0n) is 13.2. The number of carbonyl (C=O) groups excluding carboxylic acids is 1. The Hall–Kier alpha value is -1.59. The highest BCUT2D eigenvalue weighted by Gasteiger charge is 2.41. The number of amides is 1. The molecule has 1 amide bonds. The van der Waals surface area contributed by atoms with E-state index in [-0.39, 0.29) is 12.5 Å². The van der Waals surface area contributed by atoms with Crippen LogP contribution in [0.2, 0.25) is 5.02 Å². The van der Waals surface area contributed by atoms with E-state index in [1.165, 1.54) is 7.11 Å². The Bertz CT molecular complexity index is 569. The van der Waals surface area contributed by atoms with E-state index < -0.39 is 17.5 Å². The summed E-state index contributed by atoms with van der Waals surface area (Å²) in [6, 6.07) is 7.38. The molecule has 1 aliphatic carbocycles. The molecule has 1 aromatic rings. The van der Waals surface area contributed by atoms with Crippen molar-refractivity contribution in [3.63, 3.8) is 0 Å². The largest absolute Gasteiger partial charge is 0.479 e. The Balaban J connectivity index is 2.21. The van der Waals surface area contributed by atoms with E-state index in [0.717, 1.165) is 37.7 Å². The van der Waals surface area contributed by atoms with Gasteiger partial charge in [-0.15, -0.1) is 0 Å². The summed E-state index contributed by atoms with van der Waals surface area (Å²) in [7, 11) is 1.32. The van der Waals surface area contributed by atoms with Gasteiger partial charge < -0.3 is 15.2 Å². The first-order chi connectivity index (χ1) is 11.0. The first kappa shape index (κ1) is 17.8. The summed E-state index contributed by atoms with van der Waals surface area (Å²) in [5, 5.41) is 12.4. The number of carbonyl (C=O) groups is 2. The third-order valence-electron chi connectivity index (χ3n) is 4.53. The molecule has 1 unspecified atom stereocenters. The topological polar surface area (TPSA) is 75.6 Å². The smallest absolute Gasteiger partial charge is 0.334 e. The van der Waals surface area contributed by atoms with Crippen LogP contribution in [0.1, 0.15) is 37.7 Å². The molecule has 23 heavy (non-hydrogen) atoms. The summed E-state index contributed by atoms with van der Waals surface area (Å²) in [5.41, 5.74) is 0.256. The van der Waals surface area contributed by atoms with Gasteiger partial charge in [-0.05, 0) is 30.5 Å². The third kappa shape index (κ3) is 4.03. The van der Waals surface area contributed by atoms with Gasteiger partial charge in [-0.2, -0.15) is 0 Å². The van der Waals surface area contributed by atoms with Crippen molar-refractivity contribution < 1.29 is 19.4 Å². The number of hydrogen-bond acceptors (Lipinski definition) is 3. The molecule has 2 rings (SSSR count). The normalized spacial score (nSPS) is 18.2. The second kappa shape index (κ2) is 7.79. The van der Waals surface area contributed by atoms with E-state index in [9.17, 15) is 9.59 Å². The van der Waals surface area contributed by atoms with Crippen LogP contribution >= 0.6 is 11.6 Å². The third-order valence-corrected chi connectivity index (χ3v) is 4.76. The van der Waals surface area contributed by atoms with Crippen LogP contribution in [0.4, 0.5) is 0 Å². The molecule has 2 N–H and O–H groups in total. The molecule has 0 radical (unpaired) electrons. The van der Waals surface area contributed by atoms with Crippen molar-refractivity contribution in [3.05, 3.63) is 34.9 Å². The number of hydrogen-bond donors (Lipinski definition) is 2. The summed E-state index contributed by atoms with van der Waals surface area (Å²) in [6.45, 7) is -0.0486. The van der Waals surface area contributed by atoms with Crippen molar-refractivity contribution in [1.29, 1.82) is 0 Å². The van der Waals surface area contributed by atoms with Gasteiger partial charge in [0, 0.05) is 12.1 Å². The van der Waals surface area contributed by atoms with Crippen molar-refractivity contribution in [1.82, 2.24) is 5.32 Å². The fraction of sp³-hybridized carbons (Fsp3) is 0.529. The van der Waals surface area contributed by atoms with Gasteiger partial charge in [0.1, 0.15) is 0 Å². The van der Waals surface area contributed by atoms with Gasteiger partial charge in [-0.3, -0.25) is 4.79 Å². The Labute approximate surface area is 141 Å². The Morgan fingerprint density at radius 3 is 2.61 bits per heavy atom. The number of nitrogens with one attached hydrogen (secondary N) is 1. The molecule has 1 atom stereocenters. The summed E-state index contributed by atoms with van der Waals surface area (Å²) in [4.78, 5) is 23.9. The van der Waals surface area contributed by atoms with Crippen molar-refractivity contribution in [2.45, 2.75) is 43.6 Å². The molecule has 5 nitrogen and oxygen atoms in total. The summed E-state index contributed by atoms with van der Waals surface area (Å²) >= 11 is 6.09. The number of ether oxygens (including phenoxy) is 1. The van der Waals surface area contributed by atoms with Crippen molar-refractivity contribution >= 4 is 23.5 Å². The SMILES string of the molecule is COC(CNC(=O)C1(c2cccc(Cl)c2)CCCCC1)C(=O)O. The van der Waals surface area contributed by atoms with Crippen molar-refractivity contribution in [2.24, 2.45) is 0 Å². The van der Waals surface area contributed by atoms with Gasteiger partial charge in [-0.25, -0.2) is 4.79 Å². The van der Waals surface area contributed by atoms with Gasteiger partial charge in [0.2, 0.25) is 5.91 Å². The average Bonchev–Trinajstić information content (AvgIpc) is 2.55. The lowest BCUT2D eigenvalue weighted by atomic mass is 9.68. The van der Waals surface area contributed by atoms with E-state index in [0.29, 0.717) is 5.02 Å². The second-order valence-electron chi connectivity index (χ2n) is 5.93. The van der Waals surface area contributed by atoms with Crippen molar-refractivity contribution in [2.75, 3.05) is 13.7 Å². The predicted octanol–water partition coefficient (Wildman–Crippen LogP) is 2.76. The van der Waals surface area contributed by atoms with Gasteiger partial charge in [-0.1, -0.05) is 43.0 Å². The zero-order chi connectivity index (χ0) is 16.9. The summed E-state index contributed by atoms with van der Waals surface area (Å²) in [6.07, 6.45) is 3.47. The quantitative estimate of drug-likeness (QED) is 0.835. The van der Waals surface area contributed by atoms with Crippen molar-refractivity contribution in [3.8, 4) is 0 Å². The van der Waals surface area contributed by atoms with Crippen LogP contribution in [0.3, 0.4) is 0 Å². The number of carboxylic acid groups (broad SMARTS) is 1. The number of aliphatic carboxylic acids is 1. The van der Waals surface area contributed by atoms with Crippen LogP contribution in [0.15, 0.2) is 24.3 Å². The van der Waals surface area contributed by atoms with E-state index >= 15 is 0 Å². The number of carboxylic acids is 1. The Morgan fingerprint density at radius 1 is 1.35 bits per heavy atom. The van der Waals surface area contributed by atoms with Crippen LogP contribution in [0.5, 0.6) is 0 Å². The highest BCUT2D eigenvalue weighted by molar-refractivity contribution is 6.30. The predicted molar refractivity (Wildman–Crippen MR) is 87.7 cm³/mol. The van der Waals surface area contributed by atoms with Gasteiger partial charge in [0.25, 0.3) is 0 Å². The Morgan fingerprint density at radius 2 is 2.04 bits per heavy atom. The molecule has 1 fully saturated rings. The maximum Gasteiger partial charge on any atom is 0.334 e. The number of benzene rings is 1. The molecule has 1 aliphatic rings. The second-order valence-corrected chi connectivity index (χ2v) is 6.36. The zero-order valence-corrected chi connectivity index (χ0v) is 13.9. The van der Waals surface area contributed by atoms with Crippen LogP contribution in [0, 0.1) is 0 Å². The highest BCUT2D eigenvalue weighted by Crippen LogP contribution is 2.40. The molecule has 1 aromatic carbocycles. The fourth-order valence-electron chi connectivity index (χ4n) is 3.21. The van der Waals surface area contributed by atoms with Gasteiger partial charge in [0.15, 0.2) is 6.10 Å². The molecule has 0 saturated heterocycles. The van der Waals surface area contributed by atoms with Crippen LogP contribution in [-0.2, 0) is 19.7 Å². The first-order valence-corrected chi connectivity index (χ1v) is 8.17. The minimum Gasteiger partial charge on any atom is -0.479 e. The van der Waals surface area contributed by atoms with E-state index in [1.807, 2.05) is 18.2 Å². The molecule has 0 bridgehead atoms. The molecule has 6 heteroatoms. The van der Waals surface area contributed by atoms with Crippen LogP contribution < -0.4 is 5.32 Å². The minimum absolute atomic E-state index is 0.0486. The molecular weight excluding hydrogens is 318 g/mol. The highest BCUT2D eigenvalue weighted by atomic mass is 35.5. The standard InChI is InChI=1S/C17H22ClNO4/c1-23-14(15(20)21)11-19-16(22)17(8-3-2-4-9-17)12-6-5-7-13(18)10-12/h5-7,10,14H,2-4,8-9,11H2,1H3,(H,19,22)(H,20,21). The van der Waals surface area contributed by atoms with Gasteiger partial charge in [0.05, 0.1) is 12.0 Å².